The highest BCUT2D eigenvalue weighted by Crippen LogP contribution is 2.25. The number of benzene rings is 2. The summed E-state index contributed by atoms with van der Waals surface area (Å²) in [5, 5.41) is 3.22. The molecule has 0 atom stereocenters. The zero-order valence-corrected chi connectivity index (χ0v) is 12.6. The number of aryl methyl sites for hydroxylation is 1. The Hall–Kier alpha value is -2.20. The molecule has 1 N–H and O–H groups in total. The second kappa shape index (κ2) is 6.99. The van der Waals surface area contributed by atoms with Crippen LogP contribution in [0, 0.1) is 6.92 Å². The molecule has 0 aromatic heterocycles. The van der Waals surface area contributed by atoms with E-state index in [0.717, 1.165) is 5.56 Å². The van der Waals surface area contributed by atoms with Crippen LogP contribution in [0.15, 0.2) is 42.5 Å². The van der Waals surface area contributed by atoms with E-state index in [0.29, 0.717) is 22.2 Å². The minimum Gasteiger partial charge on any atom is -0.497 e. The van der Waals surface area contributed by atoms with Gasteiger partial charge in [-0.15, -0.1) is 0 Å². The maximum atomic E-state index is 11.9. The Morgan fingerprint density at radius 2 is 2.05 bits per heavy atom. The van der Waals surface area contributed by atoms with Gasteiger partial charge in [-0.3, -0.25) is 4.79 Å². The van der Waals surface area contributed by atoms with Crippen LogP contribution in [-0.4, -0.2) is 19.6 Å². The third kappa shape index (κ3) is 4.39. The SMILES string of the molecule is COc1cccc(NC(=O)COc2cc(C)ccc2Cl)c1. The van der Waals surface area contributed by atoms with Crippen molar-refractivity contribution in [1.29, 1.82) is 0 Å². The molecule has 2 aromatic rings. The van der Waals surface area contributed by atoms with E-state index in [9.17, 15) is 4.79 Å². The summed E-state index contributed by atoms with van der Waals surface area (Å²) in [6.45, 7) is 1.82. The van der Waals surface area contributed by atoms with Gasteiger partial charge in [-0.1, -0.05) is 23.7 Å². The van der Waals surface area contributed by atoms with Gasteiger partial charge in [0.15, 0.2) is 6.61 Å². The second-order valence-corrected chi connectivity index (χ2v) is 4.91. The molecule has 0 bridgehead atoms. The van der Waals surface area contributed by atoms with Crippen LogP contribution in [0.2, 0.25) is 5.02 Å². The maximum Gasteiger partial charge on any atom is 0.262 e. The van der Waals surface area contributed by atoms with E-state index in [1.54, 1.807) is 43.5 Å². The quantitative estimate of drug-likeness (QED) is 0.916. The predicted octanol–water partition coefficient (Wildman–Crippen LogP) is 3.67. The van der Waals surface area contributed by atoms with Crippen molar-refractivity contribution in [1.82, 2.24) is 0 Å². The summed E-state index contributed by atoms with van der Waals surface area (Å²) in [6, 6.07) is 12.5. The average Bonchev–Trinajstić information content (AvgIpc) is 2.48. The molecule has 0 aliphatic rings. The normalized spacial score (nSPS) is 10.0. The molecule has 0 fully saturated rings. The van der Waals surface area contributed by atoms with E-state index in [-0.39, 0.29) is 12.5 Å². The number of halogens is 1. The number of methoxy groups -OCH3 is 1. The summed E-state index contributed by atoms with van der Waals surface area (Å²) in [5.74, 6) is 0.911. The smallest absolute Gasteiger partial charge is 0.262 e. The molecule has 2 aromatic carbocycles. The minimum atomic E-state index is -0.263. The first kappa shape index (κ1) is 15.2. The van der Waals surface area contributed by atoms with E-state index >= 15 is 0 Å². The molecule has 0 saturated carbocycles. The third-order valence-corrected chi connectivity index (χ3v) is 3.11. The molecule has 0 aliphatic carbocycles. The number of carbonyl (C=O) groups is 1. The molecule has 5 heteroatoms. The molecule has 2 rings (SSSR count). The highest BCUT2D eigenvalue weighted by atomic mass is 35.5. The molecule has 21 heavy (non-hydrogen) atoms. The maximum absolute atomic E-state index is 11.9. The van der Waals surface area contributed by atoms with Crippen molar-refractivity contribution in [3.63, 3.8) is 0 Å². The Balaban J connectivity index is 1.94. The first-order valence-corrected chi connectivity index (χ1v) is 6.79. The monoisotopic (exact) mass is 305 g/mol. The van der Waals surface area contributed by atoms with Gasteiger partial charge in [-0.25, -0.2) is 0 Å². The number of hydrogen-bond acceptors (Lipinski definition) is 3. The van der Waals surface area contributed by atoms with Gasteiger partial charge in [0.05, 0.1) is 12.1 Å². The molecule has 1 amide bonds. The Kier molecular flexibility index (Phi) is 5.06. The van der Waals surface area contributed by atoms with Crippen LogP contribution in [-0.2, 0) is 4.79 Å². The molecule has 0 radical (unpaired) electrons. The summed E-state index contributed by atoms with van der Waals surface area (Å²) < 4.78 is 10.5. The lowest BCUT2D eigenvalue weighted by atomic mass is 10.2. The Labute approximate surface area is 128 Å². The van der Waals surface area contributed by atoms with E-state index < -0.39 is 0 Å². The number of nitrogens with one attached hydrogen (secondary N) is 1. The molecule has 110 valence electrons. The summed E-state index contributed by atoms with van der Waals surface area (Å²) >= 11 is 6.01. The predicted molar refractivity (Wildman–Crippen MR) is 83.3 cm³/mol. The average molecular weight is 306 g/mol. The van der Waals surface area contributed by atoms with Crippen LogP contribution in [0.4, 0.5) is 5.69 Å². The van der Waals surface area contributed by atoms with Gasteiger partial charge in [-0.2, -0.15) is 0 Å². The van der Waals surface area contributed by atoms with Gasteiger partial charge < -0.3 is 14.8 Å². The topological polar surface area (TPSA) is 47.6 Å². The first-order chi connectivity index (χ1) is 10.1. The van der Waals surface area contributed by atoms with Gasteiger partial charge in [0.25, 0.3) is 5.91 Å². The molecule has 0 aliphatic heterocycles. The van der Waals surface area contributed by atoms with Crippen LogP contribution < -0.4 is 14.8 Å². The van der Waals surface area contributed by atoms with E-state index in [2.05, 4.69) is 5.32 Å². The first-order valence-electron chi connectivity index (χ1n) is 6.41. The lowest BCUT2D eigenvalue weighted by Gasteiger charge is -2.10. The number of carbonyl (C=O) groups excluding carboxylic acids is 1. The lowest BCUT2D eigenvalue weighted by Crippen LogP contribution is -2.20. The molecule has 0 heterocycles. The van der Waals surface area contributed by atoms with Crippen molar-refractivity contribution in [2.24, 2.45) is 0 Å². The third-order valence-electron chi connectivity index (χ3n) is 2.80. The molecule has 0 saturated heterocycles. The zero-order chi connectivity index (χ0) is 15.2. The van der Waals surface area contributed by atoms with Gasteiger partial charge in [-0.05, 0) is 36.8 Å². The van der Waals surface area contributed by atoms with Crippen LogP contribution >= 0.6 is 11.6 Å². The van der Waals surface area contributed by atoms with Crippen molar-refractivity contribution < 1.29 is 14.3 Å². The van der Waals surface area contributed by atoms with Gasteiger partial charge in [0.2, 0.25) is 0 Å². The molecular weight excluding hydrogens is 290 g/mol. The van der Waals surface area contributed by atoms with Crippen LogP contribution in [0.5, 0.6) is 11.5 Å². The Bertz CT molecular complexity index is 643. The van der Waals surface area contributed by atoms with E-state index in [1.165, 1.54) is 0 Å². The Morgan fingerprint density at radius 3 is 2.81 bits per heavy atom. The molecular formula is C16H16ClNO3. The largest absolute Gasteiger partial charge is 0.497 e. The van der Waals surface area contributed by atoms with E-state index in [1.807, 2.05) is 13.0 Å². The van der Waals surface area contributed by atoms with Crippen LogP contribution in [0.1, 0.15) is 5.56 Å². The van der Waals surface area contributed by atoms with Gasteiger partial charge in [0, 0.05) is 11.8 Å². The van der Waals surface area contributed by atoms with Crippen molar-refractivity contribution in [2.45, 2.75) is 6.92 Å². The fourth-order valence-corrected chi connectivity index (χ4v) is 1.93. The van der Waals surface area contributed by atoms with Crippen molar-refractivity contribution >= 4 is 23.2 Å². The molecule has 4 nitrogen and oxygen atoms in total. The Morgan fingerprint density at radius 1 is 1.24 bits per heavy atom. The fourth-order valence-electron chi connectivity index (χ4n) is 1.76. The van der Waals surface area contributed by atoms with Gasteiger partial charge >= 0.3 is 0 Å². The minimum absolute atomic E-state index is 0.111. The standard InChI is InChI=1S/C16H16ClNO3/c1-11-6-7-14(17)15(8-11)21-10-16(19)18-12-4-3-5-13(9-12)20-2/h3-9H,10H2,1-2H3,(H,18,19). The number of ether oxygens (including phenoxy) is 2. The molecule has 0 spiro atoms. The van der Waals surface area contributed by atoms with E-state index in [4.69, 9.17) is 21.1 Å². The van der Waals surface area contributed by atoms with Crippen LogP contribution in [0.25, 0.3) is 0 Å². The number of hydrogen-bond donors (Lipinski definition) is 1. The highest BCUT2D eigenvalue weighted by Gasteiger charge is 2.07. The summed E-state index contributed by atoms with van der Waals surface area (Å²) in [5.41, 5.74) is 1.67. The number of amides is 1. The molecule has 0 unspecified atom stereocenters. The second-order valence-electron chi connectivity index (χ2n) is 4.50. The highest BCUT2D eigenvalue weighted by molar-refractivity contribution is 6.32. The number of rotatable bonds is 5. The van der Waals surface area contributed by atoms with Gasteiger partial charge in [0.1, 0.15) is 11.5 Å². The van der Waals surface area contributed by atoms with Crippen molar-refractivity contribution in [2.75, 3.05) is 19.0 Å². The fraction of sp³-hybridized carbons (Fsp3) is 0.188. The summed E-state index contributed by atoms with van der Waals surface area (Å²) in [4.78, 5) is 11.9. The lowest BCUT2D eigenvalue weighted by molar-refractivity contribution is -0.118. The zero-order valence-electron chi connectivity index (χ0n) is 11.9. The summed E-state index contributed by atoms with van der Waals surface area (Å²) in [6.07, 6.45) is 0. The van der Waals surface area contributed by atoms with Crippen molar-refractivity contribution in [3.05, 3.63) is 53.1 Å². The van der Waals surface area contributed by atoms with Crippen LogP contribution in [0.3, 0.4) is 0 Å². The summed E-state index contributed by atoms with van der Waals surface area (Å²) in [7, 11) is 1.57. The van der Waals surface area contributed by atoms with Crippen molar-refractivity contribution in [3.8, 4) is 11.5 Å². The number of anilines is 1.